The number of amides is 1. The van der Waals surface area contributed by atoms with Crippen molar-refractivity contribution in [2.45, 2.75) is 25.8 Å². The third-order valence-electron chi connectivity index (χ3n) is 1.86. The monoisotopic (exact) mass is 269 g/mol. The summed E-state index contributed by atoms with van der Waals surface area (Å²) >= 11 is 0. The second kappa shape index (κ2) is 5.87. The fourth-order valence-corrected chi connectivity index (χ4v) is 1.20. The molecule has 0 heterocycles. The van der Waals surface area contributed by atoms with Crippen molar-refractivity contribution in [3.63, 3.8) is 0 Å². The van der Waals surface area contributed by atoms with Gasteiger partial charge in [0.2, 0.25) is 11.4 Å². The van der Waals surface area contributed by atoms with Crippen LogP contribution < -0.4 is 0 Å². The normalized spacial score (nSPS) is 12.9. The average molecular weight is 269 g/mol. The number of aliphatic carboxylic acids is 1. The van der Waals surface area contributed by atoms with Crippen LogP contribution in [0.2, 0.25) is 0 Å². The summed E-state index contributed by atoms with van der Waals surface area (Å²) in [4.78, 5) is 49.1. The highest BCUT2D eigenvalue weighted by atomic mass is 31.2. The van der Waals surface area contributed by atoms with Crippen LogP contribution in [0.25, 0.3) is 0 Å². The first-order valence-electron chi connectivity index (χ1n) is 4.40. The van der Waals surface area contributed by atoms with Gasteiger partial charge in [0, 0.05) is 12.8 Å². The molecule has 0 aromatic heterocycles. The summed E-state index contributed by atoms with van der Waals surface area (Å²) in [6.45, 7) is 1.03. The molecule has 0 rings (SSSR count). The lowest BCUT2D eigenvalue weighted by Gasteiger charge is -2.18. The van der Waals surface area contributed by atoms with Gasteiger partial charge in [-0.05, 0) is 6.92 Å². The molecule has 0 radical (unpaired) electrons. The Hall–Kier alpha value is -1.28. The van der Waals surface area contributed by atoms with E-state index in [2.05, 4.69) is 0 Å². The summed E-state index contributed by atoms with van der Waals surface area (Å²) < 4.78 is 10.4. The largest absolute Gasteiger partial charge is 0.480 e. The van der Waals surface area contributed by atoms with Crippen LogP contribution in [0.1, 0.15) is 19.8 Å². The second-order valence-electron chi connectivity index (χ2n) is 3.19. The zero-order valence-electron chi connectivity index (χ0n) is 8.81. The molecule has 1 amide bonds. The maximum atomic E-state index is 11.1. The smallest absolute Gasteiger partial charge is 0.391 e. The highest BCUT2D eigenvalue weighted by molar-refractivity contribution is 7.70. The number of hydrogen-bond acceptors (Lipinski definition) is 5. The van der Waals surface area contributed by atoms with Crippen LogP contribution in [0.3, 0.4) is 0 Å². The summed E-state index contributed by atoms with van der Waals surface area (Å²) in [5.74, 6) is -2.57. The molecule has 0 spiro atoms. The molecule has 17 heavy (non-hydrogen) atoms. The van der Waals surface area contributed by atoms with Crippen molar-refractivity contribution in [3.8, 4) is 0 Å². The summed E-state index contributed by atoms with van der Waals surface area (Å²) in [7, 11) is -4.89. The lowest BCUT2D eigenvalue weighted by Crippen LogP contribution is -2.40. The van der Waals surface area contributed by atoms with E-state index in [1.807, 2.05) is 0 Å². The summed E-state index contributed by atoms with van der Waals surface area (Å²) in [6, 6.07) is -1.51. The Balaban J connectivity index is 4.34. The van der Waals surface area contributed by atoms with E-state index in [1.54, 1.807) is 0 Å². The van der Waals surface area contributed by atoms with Gasteiger partial charge in [0.15, 0.2) is 6.04 Å². The van der Waals surface area contributed by atoms with E-state index < -0.39 is 43.9 Å². The summed E-state index contributed by atoms with van der Waals surface area (Å²) in [5, 5.41) is 17.4. The first-order valence-corrected chi connectivity index (χ1v) is 6.01. The van der Waals surface area contributed by atoms with Gasteiger partial charge in [0.05, 0.1) is 0 Å². The van der Waals surface area contributed by atoms with Crippen LogP contribution in [0, 0.1) is 0 Å². The van der Waals surface area contributed by atoms with Gasteiger partial charge in [-0.25, -0.2) is 9.86 Å². The minimum absolute atomic E-state index is 0.102. The number of carbonyl (C=O) groups excluding carboxylic acids is 2. The Kier molecular flexibility index (Phi) is 5.43. The molecule has 0 aliphatic rings. The molecule has 1 unspecified atom stereocenters. The zero-order valence-corrected chi connectivity index (χ0v) is 9.70. The standard InChI is InChI=1S/C7H12NO8P/c1-4(7(11)12)8(13)5(9)2-3-6(10)17(14,15)16/h4,13H,2-3H2,1H3,(H,11,12)(H2,14,15,16). The number of carboxylic acid groups (broad SMARTS) is 1. The average Bonchev–Trinajstić information content (AvgIpc) is 2.21. The highest BCUT2D eigenvalue weighted by Gasteiger charge is 2.28. The zero-order chi connectivity index (χ0) is 13.8. The maximum Gasteiger partial charge on any atom is 0.391 e. The molecule has 0 aliphatic heterocycles. The molecule has 98 valence electrons. The first-order chi connectivity index (χ1) is 7.57. The molecule has 0 fully saturated rings. The predicted molar refractivity (Wildman–Crippen MR) is 52.0 cm³/mol. The van der Waals surface area contributed by atoms with Gasteiger partial charge in [-0.3, -0.25) is 19.4 Å². The van der Waals surface area contributed by atoms with Crippen LogP contribution in [0.4, 0.5) is 0 Å². The van der Waals surface area contributed by atoms with Gasteiger partial charge in [0.25, 0.3) is 0 Å². The summed E-state index contributed by atoms with van der Waals surface area (Å²) in [5.41, 5.74) is -1.44. The molecule has 0 aliphatic carbocycles. The third-order valence-corrected chi connectivity index (χ3v) is 2.73. The molecule has 0 aromatic carbocycles. The quantitative estimate of drug-likeness (QED) is 0.276. The number of hydroxylamine groups is 2. The van der Waals surface area contributed by atoms with E-state index in [-0.39, 0.29) is 5.06 Å². The highest BCUT2D eigenvalue weighted by Crippen LogP contribution is 2.37. The van der Waals surface area contributed by atoms with Crippen molar-refractivity contribution in [2.24, 2.45) is 0 Å². The molecule has 0 saturated carbocycles. The van der Waals surface area contributed by atoms with E-state index in [9.17, 15) is 18.9 Å². The van der Waals surface area contributed by atoms with Crippen LogP contribution in [-0.4, -0.2) is 48.6 Å². The fraction of sp³-hybridized carbons (Fsp3) is 0.571. The van der Waals surface area contributed by atoms with Crippen molar-refractivity contribution in [1.29, 1.82) is 0 Å². The Morgan fingerprint density at radius 3 is 2.06 bits per heavy atom. The molecule has 10 heteroatoms. The van der Waals surface area contributed by atoms with Gasteiger partial charge < -0.3 is 14.9 Å². The number of nitrogens with zero attached hydrogens (tertiary/aromatic N) is 1. The lowest BCUT2D eigenvalue weighted by molar-refractivity contribution is -0.184. The van der Waals surface area contributed by atoms with Gasteiger partial charge >= 0.3 is 13.6 Å². The molecule has 1 atom stereocenters. The Morgan fingerprint density at radius 2 is 1.71 bits per heavy atom. The van der Waals surface area contributed by atoms with E-state index in [0.29, 0.717) is 0 Å². The molecule has 0 saturated heterocycles. The van der Waals surface area contributed by atoms with Crippen LogP contribution in [0.5, 0.6) is 0 Å². The van der Waals surface area contributed by atoms with E-state index in [0.717, 1.165) is 6.92 Å². The van der Waals surface area contributed by atoms with E-state index >= 15 is 0 Å². The number of rotatable bonds is 6. The SMILES string of the molecule is CC(C(=O)O)N(O)C(=O)CCC(=O)P(=O)(O)O. The van der Waals surface area contributed by atoms with Crippen molar-refractivity contribution in [2.75, 3.05) is 0 Å². The van der Waals surface area contributed by atoms with Crippen LogP contribution in [0.15, 0.2) is 0 Å². The van der Waals surface area contributed by atoms with Crippen molar-refractivity contribution < 1.29 is 39.0 Å². The van der Waals surface area contributed by atoms with Crippen molar-refractivity contribution in [1.82, 2.24) is 5.06 Å². The van der Waals surface area contributed by atoms with Gasteiger partial charge in [-0.15, -0.1) is 0 Å². The van der Waals surface area contributed by atoms with Crippen molar-refractivity contribution in [3.05, 3.63) is 0 Å². The van der Waals surface area contributed by atoms with Crippen LogP contribution >= 0.6 is 7.60 Å². The molecular formula is C7H12NO8P. The van der Waals surface area contributed by atoms with Crippen LogP contribution in [-0.2, 0) is 18.9 Å². The van der Waals surface area contributed by atoms with Gasteiger partial charge in [-0.2, -0.15) is 0 Å². The Labute approximate surface area is 95.8 Å². The number of carboxylic acids is 1. The van der Waals surface area contributed by atoms with Gasteiger partial charge in [-0.1, -0.05) is 0 Å². The number of carbonyl (C=O) groups is 3. The molecule has 4 N–H and O–H groups in total. The van der Waals surface area contributed by atoms with Crippen molar-refractivity contribution >= 4 is 25.0 Å². The third kappa shape index (κ3) is 5.05. The topological polar surface area (TPSA) is 152 Å². The summed E-state index contributed by atoms with van der Waals surface area (Å²) in [6.07, 6.45) is -1.45. The van der Waals surface area contributed by atoms with E-state index in [1.165, 1.54) is 0 Å². The molecule has 9 nitrogen and oxygen atoms in total. The van der Waals surface area contributed by atoms with E-state index in [4.69, 9.17) is 20.1 Å². The molecule has 0 bridgehead atoms. The predicted octanol–water partition coefficient (Wildman–Crippen LogP) is -0.838. The molecule has 0 aromatic rings. The fourth-order valence-electron chi connectivity index (χ4n) is 0.795. The van der Waals surface area contributed by atoms with Gasteiger partial charge in [0.1, 0.15) is 0 Å². The Morgan fingerprint density at radius 1 is 1.24 bits per heavy atom. The minimum Gasteiger partial charge on any atom is -0.480 e. The lowest BCUT2D eigenvalue weighted by atomic mass is 10.2. The number of hydrogen-bond donors (Lipinski definition) is 4. The maximum absolute atomic E-state index is 11.1. The molecular weight excluding hydrogens is 257 g/mol. The first kappa shape index (κ1) is 15.7. The Bertz CT molecular complexity index is 374. The minimum atomic E-state index is -4.89. The second-order valence-corrected chi connectivity index (χ2v) is 4.78.